The van der Waals surface area contributed by atoms with Crippen LogP contribution in [0.2, 0.25) is 13.1 Å². The summed E-state index contributed by atoms with van der Waals surface area (Å²) in [6.07, 6.45) is 1.60. The molecule has 8 heteroatoms. The van der Waals surface area contributed by atoms with Crippen LogP contribution in [0.5, 0.6) is 0 Å². The lowest BCUT2D eigenvalue weighted by Gasteiger charge is -2.41. The molecule has 2 saturated heterocycles. The molecule has 0 aromatic carbocycles. The first-order valence-corrected chi connectivity index (χ1v) is 14.6. The lowest BCUT2D eigenvalue weighted by Crippen LogP contribution is -2.59. The number of hydrogen-bond donors (Lipinski definition) is 1. The SMILES string of the molecule is C[SiH](C)O[C@]1(C(O)C#CCOC2CCCCO2)C[C@H](C(C)(C)C)CN1C(=O)OC(C)(C)C. The van der Waals surface area contributed by atoms with Crippen LogP contribution in [0.3, 0.4) is 0 Å². The van der Waals surface area contributed by atoms with E-state index in [-0.39, 0.29) is 24.2 Å². The number of rotatable bonds is 5. The van der Waals surface area contributed by atoms with Crippen molar-refractivity contribution in [2.24, 2.45) is 11.3 Å². The maximum atomic E-state index is 13.2. The Morgan fingerprint density at radius 3 is 2.47 bits per heavy atom. The van der Waals surface area contributed by atoms with Gasteiger partial charge in [0, 0.05) is 19.6 Å². The van der Waals surface area contributed by atoms with Crippen LogP contribution >= 0.6 is 0 Å². The fourth-order valence-electron chi connectivity index (χ4n) is 4.10. The number of aliphatic hydroxyl groups is 1. The molecular weight excluding hydrogens is 426 g/mol. The van der Waals surface area contributed by atoms with Crippen LogP contribution in [0, 0.1) is 23.2 Å². The minimum absolute atomic E-state index is 0.0709. The largest absolute Gasteiger partial charge is 0.444 e. The summed E-state index contributed by atoms with van der Waals surface area (Å²) < 4.78 is 23.4. The molecule has 32 heavy (non-hydrogen) atoms. The van der Waals surface area contributed by atoms with Crippen LogP contribution in [0.1, 0.15) is 67.2 Å². The molecular formula is C24H43NO6Si. The Balaban J connectivity index is 2.27. The van der Waals surface area contributed by atoms with Gasteiger partial charge in [-0.25, -0.2) is 4.79 Å². The second kappa shape index (κ2) is 10.9. The van der Waals surface area contributed by atoms with Gasteiger partial charge in [-0.2, -0.15) is 0 Å². The number of nitrogens with zero attached hydrogens (tertiary/aromatic N) is 1. The van der Waals surface area contributed by atoms with Gasteiger partial charge in [-0.1, -0.05) is 32.6 Å². The fraction of sp³-hybridized carbons (Fsp3) is 0.875. The van der Waals surface area contributed by atoms with Gasteiger partial charge in [0.05, 0.1) is 0 Å². The van der Waals surface area contributed by atoms with E-state index >= 15 is 0 Å². The van der Waals surface area contributed by atoms with Crippen LogP contribution in [-0.2, 0) is 18.6 Å². The molecule has 0 bridgehead atoms. The zero-order valence-corrected chi connectivity index (χ0v) is 22.3. The maximum Gasteiger partial charge on any atom is 0.412 e. The fourth-order valence-corrected chi connectivity index (χ4v) is 5.27. The van der Waals surface area contributed by atoms with Crippen molar-refractivity contribution < 1.29 is 28.5 Å². The van der Waals surface area contributed by atoms with E-state index in [2.05, 4.69) is 32.6 Å². The van der Waals surface area contributed by atoms with Crippen LogP contribution in [-0.4, -0.2) is 68.6 Å². The molecule has 0 aliphatic carbocycles. The van der Waals surface area contributed by atoms with Gasteiger partial charge in [0.2, 0.25) is 0 Å². The van der Waals surface area contributed by atoms with Crippen molar-refractivity contribution in [1.29, 1.82) is 0 Å². The molecule has 2 aliphatic rings. The first-order chi connectivity index (χ1) is 14.7. The highest BCUT2D eigenvalue weighted by atomic mass is 28.3. The van der Waals surface area contributed by atoms with Crippen molar-refractivity contribution in [3.05, 3.63) is 0 Å². The van der Waals surface area contributed by atoms with Gasteiger partial charge in [0.1, 0.15) is 12.2 Å². The van der Waals surface area contributed by atoms with E-state index in [1.54, 1.807) is 4.90 Å². The molecule has 2 fully saturated rings. The van der Waals surface area contributed by atoms with Crippen LogP contribution in [0.4, 0.5) is 4.79 Å². The van der Waals surface area contributed by atoms with Crippen molar-refractivity contribution in [2.75, 3.05) is 19.8 Å². The normalized spacial score (nSPS) is 27.8. The van der Waals surface area contributed by atoms with Gasteiger partial charge in [0.25, 0.3) is 0 Å². The minimum Gasteiger partial charge on any atom is -0.444 e. The lowest BCUT2D eigenvalue weighted by molar-refractivity contribution is -0.154. The van der Waals surface area contributed by atoms with Crippen molar-refractivity contribution in [1.82, 2.24) is 4.90 Å². The quantitative estimate of drug-likeness (QED) is 0.486. The molecule has 0 radical (unpaired) electrons. The van der Waals surface area contributed by atoms with Gasteiger partial charge in [-0.3, -0.25) is 4.90 Å². The molecule has 0 saturated carbocycles. The molecule has 2 unspecified atom stereocenters. The van der Waals surface area contributed by atoms with Gasteiger partial charge in [-0.15, -0.1) is 0 Å². The van der Waals surface area contributed by atoms with Crippen molar-refractivity contribution >= 4 is 15.1 Å². The molecule has 4 atom stereocenters. The topological polar surface area (TPSA) is 77.5 Å². The summed E-state index contributed by atoms with van der Waals surface area (Å²) in [5.41, 5.74) is -1.95. The van der Waals surface area contributed by atoms with Crippen LogP contribution < -0.4 is 0 Å². The zero-order valence-electron chi connectivity index (χ0n) is 21.2. The summed E-state index contributed by atoms with van der Waals surface area (Å²) in [5.74, 6) is 5.96. The predicted molar refractivity (Wildman–Crippen MR) is 127 cm³/mol. The first-order valence-electron chi connectivity index (χ1n) is 11.8. The number of carbonyl (C=O) groups excluding carboxylic acids is 1. The van der Waals surface area contributed by atoms with Gasteiger partial charge in [-0.05, 0) is 64.5 Å². The smallest absolute Gasteiger partial charge is 0.412 e. The van der Waals surface area contributed by atoms with Crippen LogP contribution in [0.25, 0.3) is 0 Å². The molecule has 0 spiro atoms. The van der Waals surface area contributed by atoms with E-state index < -0.39 is 32.6 Å². The molecule has 1 N–H and O–H groups in total. The van der Waals surface area contributed by atoms with Gasteiger partial charge in [0.15, 0.2) is 27.2 Å². The number of likely N-dealkylation sites (tertiary alicyclic amines) is 1. The molecule has 2 heterocycles. The molecule has 2 rings (SSSR count). The summed E-state index contributed by atoms with van der Waals surface area (Å²) in [5, 5.41) is 11.3. The second-order valence-corrected chi connectivity index (χ2v) is 13.5. The highest BCUT2D eigenvalue weighted by Crippen LogP contribution is 2.45. The number of amides is 1. The van der Waals surface area contributed by atoms with Crippen molar-refractivity contribution in [3.8, 4) is 11.8 Å². The molecule has 184 valence electrons. The second-order valence-electron chi connectivity index (χ2n) is 11.2. The maximum absolute atomic E-state index is 13.2. The third-order valence-electron chi connectivity index (χ3n) is 5.82. The average Bonchev–Trinajstić information content (AvgIpc) is 3.05. The Morgan fingerprint density at radius 2 is 1.94 bits per heavy atom. The van der Waals surface area contributed by atoms with E-state index in [0.29, 0.717) is 19.6 Å². The zero-order chi connectivity index (χ0) is 24.2. The Kier molecular flexibility index (Phi) is 9.22. The first kappa shape index (κ1) is 27.1. The Hall–Kier alpha value is -1.11. The lowest BCUT2D eigenvalue weighted by atomic mass is 9.78. The van der Waals surface area contributed by atoms with E-state index in [0.717, 1.165) is 19.3 Å². The van der Waals surface area contributed by atoms with Gasteiger partial charge < -0.3 is 23.7 Å². The minimum atomic E-state index is -1.65. The van der Waals surface area contributed by atoms with E-state index in [1.807, 2.05) is 33.9 Å². The Morgan fingerprint density at radius 1 is 1.25 bits per heavy atom. The van der Waals surface area contributed by atoms with Crippen molar-refractivity contribution in [2.45, 2.75) is 104 Å². The monoisotopic (exact) mass is 469 g/mol. The third-order valence-corrected chi connectivity index (χ3v) is 6.70. The highest BCUT2D eigenvalue weighted by molar-refractivity contribution is 6.48. The summed E-state index contributed by atoms with van der Waals surface area (Å²) >= 11 is 0. The van der Waals surface area contributed by atoms with Gasteiger partial charge >= 0.3 is 6.09 Å². The summed E-state index contributed by atoms with van der Waals surface area (Å²) in [6.45, 7) is 17.3. The number of carbonyl (C=O) groups is 1. The molecule has 0 aromatic heterocycles. The summed E-state index contributed by atoms with van der Waals surface area (Å²) in [6, 6.07) is 0. The summed E-state index contributed by atoms with van der Waals surface area (Å²) in [4.78, 5) is 14.8. The third kappa shape index (κ3) is 7.46. The highest BCUT2D eigenvalue weighted by Gasteiger charge is 2.56. The van der Waals surface area contributed by atoms with E-state index in [1.165, 1.54) is 0 Å². The number of ether oxygens (including phenoxy) is 3. The number of hydrogen-bond acceptors (Lipinski definition) is 6. The molecule has 2 aliphatic heterocycles. The Labute approximate surface area is 195 Å². The summed E-state index contributed by atoms with van der Waals surface area (Å²) in [7, 11) is -1.65. The van der Waals surface area contributed by atoms with E-state index in [4.69, 9.17) is 18.6 Å². The molecule has 0 aromatic rings. The van der Waals surface area contributed by atoms with Crippen molar-refractivity contribution in [3.63, 3.8) is 0 Å². The average molecular weight is 470 g/mol. The molecule has 1 amide bonds. The van der Waals surface area contributed by atoms with E-state index in [9.17, 15) is 9.90 Å². The molecule has 7 nitrogen and oxygen atoms in total. The van der Waals surface area contributed by atoms with Crippen LogP contribution in [0.15, 0.2) is 0 Å². The number of aliphatic hydroxyl groups excluding tert-OH is 1. The standard InChI is InChI=1S/C24H43NO6Si/c1-22(2,3)18-16-24(31-32(7)8,25(17-18)21(27)30-23(4,5)6)19(26)12-11-15-29-20-13-9-10-14-28-20/h18-20,26,32H,9-10,13-17H2,1-8H3/t18-,19?,20?,24-/m0/s1. The predicted octanol–water partition coefficient (Wildman–Crippen LogP) is 3.89. The Bertz CT molecular complexity index is 683.